The standard InChI is InChI=1S/C22H18N2O7/c25-18-14-5-1-2-6-15(14)19(26)23(18)11-9-13(31-22(29)30)10-12-24-20(27)16-7-3-4-8-17(16)21(24)28/h1-8,13H,9-12H2,(H,29,30). The summed E-state index contributed by atoms with van der Waals surface area (Å²) >= 11 is 0. The van der Waals surface area contributed by atoms with Crippen molar-refractivity contribution < 1.29 is 33.8 Å². The summed E-state index contributed by atoms with van der Waals surface area (Å²) in [5, 5.41) is 9.04. The van der Waals surface area contributed by atoms with Gasteiger partial charge in [0.2, 0.25) is 0 Å². The maximum absolute atomic E-state index is 12.5. The summed E-state index contributed by atoms with van der Waals surface area (Å²) in [5.74, 6) is -1.80. The molecular formula is C22H18N2O7. The minimum absolute atomic E-state index is 0.0426. The van der Waals surface area contributed by atoms with Crippen LogP contribution >= 0.6 is 0 Å². The Balaban J connectivity index is 1.41. The Morgan fingerprint density at radius 3 is 1.32 bits per heavy atom. The van der Waals surface area contributed by atoms with Crippen LogP contribution in [-0.4, -0.2) is 63.9 Å². The summed E-state index contributed by atoms with van der Waals surface area (Å²) in [6.07, 6.45) is -2.34. The Hall–Kier alpha value is -4.01. The van der Waals surface area contributed by atoms with Crippen LogP contribution in [-0.2, 0) is 4.74 Å². The molecule has 0 aromatic heterocycles. The van der Waals surface area contributed by atoms with E-state index >= 15 is 0 Å². The van der Waals surface area contributed by atoms with E-state index in [1.807, 2.05) is 0 Å². The van der Waals surface area contributed by atoms with Crippen LogP contribution in [0.3, 0.4) is 0 Å². The van der Waals surface area contributed by atoms with Gasteiger partial charge in [0.05, 0.1) is 22.3 Å². The molecule has 0 aliphatic carbocycles. The number of amides is 4. The molecule has 2 aliphatic heterocycles. The highest BCUT2D eigenvalue weighted by atomic mass is 16.7. The van der Waals surface area contributed by atoms with E-state index in [2.05, 4.69) is 0 Å². The first-order valence-corrected chi connectivity index (χ1v) is 9.68. The number of hydrogen-bond donors (Lipinski definition) is 1. The first-order chi connectivity index (χ1) is 14.9. The summed E-state index contributed by atoms with van der Waals surface area (Å²) in [7, 11) is 0. The Labute approximate surface area is 176 Å². The van der Waals surface area contributed by atoms with Crippen molar-refractivity contribution in [2.75, 3.05) is 13.1 Å². The van der Waals surface area contributed by atoms with Gasteiger partial charge in [0.25, 0.3) is 23.6 Å². The van der Waals surface area contributed by atoms with E-state index in [0.29, 0.717) is 22.3 Å². The average Bonchev–Trinajstić information content (AvgIpc) is 3.15. The molecule has 158 valence electrons. The Kier molecular flexibility index (Phi) is 5.24. The van der Waals surface area contributed by atoms with Crippen LogP contribution < -0.4 is 0 Å². The van der Waals surface area contributed by atoms with E-state index in [1.54, 1.807) is 48.5 Å². The van der Waals surface area contributed by atoms with Crippen molar-refractivity contribution in [2.45, 2.75) is 18.9 Å². The van der Waals surface area contributed by atoms with Gasteiger partial charge in [-0.1, -0.05) is 24.3 Å². The maximum Gasteiger partial charge on any atom is 0.506 e. The molecule has 0 bridgehead atoms. The van der Waals surface area contributed by atoms with Crippen LogP contribution in [0, 0.1) is 0 Å². The van der Waals surface area contributed by atoms with Crippen LogP contribution in [0.5, 0.6) is 0 Å². The topological polar surface area (TPSA) is 121 Å². The van der Waals surface area contributed by atoms with Gasteiger partial charge in [-0.15, -0.1) is 0 Å². The molecule has 2 aromatic rings. The Morgan fingerprint density at radius 1 is 0.710 bits per heavy atom. The molecule has 0 saturated carbocycles. The first-order valence-electron chi connectivity index (χ1n) is 9.68. The van der Waals surface area contributed by atoms with Gasteiger partial charge < -0.3 is 9.84 Å². The van der Waals surface area contributed by atoms with E-state index in [-0.39, 0.29) is 25.9 Å². The van der Waals surface area contributed by atoms with Gasteiger partial charge in [0.1, 0.15) is 6.10 Å². The van der Waals surface area contributed by atoms with Gasteiger partial charge in [-0.3, -0.25) is 29.0 Å². The summed E-state index contributed by atoms with van der Waals surface area (Å²) in [6, 6.07) is 12.9. The third-order valence-electron chi connectivity index (χ3n) is 5.37. The Bertz CT molecular complexity index is 961. The van der Waals surface area contributed by atoms with Gasteiger partial charge in [-0.05, 0) is 24.3 Å². The van der Waals surface area contributed by atoms with E-state index in [0.717, 1.165) is 9.80 Å². The number of fused-ring (bicyclic) bond motifs is 2. The minimum Gasteiger partial charge on any atom is -0.450 e. The molecule has 0 atom stereocenters. The number of nitrogens with zero attached hydrogens (tertiary/aromatic N) is 2. The smallest absolute Gasteiger partial charge is 0.450 e. The van der Waals surface area contributed by atoms with Crippen LogP contribution in [0.1, 0.15) is 54.3 Å². The van der Waals surface area contributed by atoms with Gasteiger partial charge in [-0.2, -0.15) is 0 Å². The number of carboxylic acid groups (broad SMARTS) is 1. The monoisotopic (exact) mass is 422 g/mol. The molecular weight excluding hydrogens is 404 g/mol. The minimum atomic E-state index is -1.52. The molecule has 4 rings (SSSR count). The molecule has 9 nitrogen and oxygen atoms in total. The highest BCUT2D eigenvalue weighted by Gasteiger charge is 2.37. The fraction of sp³-hybridized carbons (Fsp3) is 0.227. The van der Waals surface area contributed by atoms with Crippen molar-refractivity contribution in [3.8, 4) is 0 Å². The van der Waals surface area contributed by atoms with E-state index in [1.165, 1.54) is 0 Å². The van der Waals surface area contributed by atoms with E-state index in [9.17, 15) is 24.0 Å². The second-order valence-corrected chi connectivity index (χ2v) is 7.20. The first kappa shape index (κ1) is 20.3. The molecule has 2 aromatic carbocycles. The third-order valence-corrected chi connectivity index (χ3v) is 5.37. The van der Waals surface area contributed by atoms with Crippen LogP contribution in [0.4, 0.5) is 4.79 Å². The molecule has 9 heteroatoms. The molecule has 0 saturated heterocycles. The summed E-state index contributed by atoms with van der Waals surface area (Å²) in [5.41, 5.74) is 1.20. The number of carbonyl (C=O) groups excluding carboxylic acids is 4. The van der Waals surface area contributed by atoms with Crippen molar-refractivity contribution in [1.82, 2.24) is 9.80 Å². The normalized spacial score (nSPS) is 15.0. The average molecular weight is 422 g/mol. The van der Waals surface area contributed by atoms with Crippen molar-refractivity contribution in [3.05, 3.63) is 70.8 Å². The second-order valence-electron chi connectivity index (χ2n) is 7.20. The molecule has 0 unspecified atom stereocenters. The van der Waals surface area contributed by atoms with Gasteiger partial charge in [0.15, 0.2) is 0 Å². The number of benzene rings is 2. The fourth-order valence-electron chi connectivity index (χ4n) is 3.84. The second kappa shape index (κ2) is 8.02. The largest absolute Gasteiger partial charge is 0.506 e. The number of imide groups is 2. The van der Waals surface area contributed by atoms with Crippen molar-refractivity contribution in [1.29, 1.82) is 0 Å². The lowest BCUT2D eigenvalue weighted by molar-refractivity contribution is 0.0345. The molecule has 1 N–H and O–H groups in total. The maximum atomic E-state index is 12.5. The lowest BCUT2D eigenvalue weighted by Crippen LogP contribution is -2.36. The van der Waals surface area contributed by atoms with Crippen LogP contribution in [0.2, 0.25) is 0 Å². The van der Waals surface area contributed by atoms with Gasteiger partial charge in [0, 0.05) is 25.9 Å². The molecule has 2 heterocycles. The highest BCUT2D eigenvalue weighted by molar-refractivity contribution is 6.22. The zero-order valence-electron chi connectivity index (χ0n) is 16.3. The predicted molar refractivity (Wildman–Crippen MR) is 106 cm³/mol. The van der Waals surface area contributed by atoms with Crippen LogP contribution in [0.25, 0.3) is 0 Å². The molecule has 0 fully saturated rings. The van der Waals surface area contributed by atoms with E-state index < -0.39 is 35.9 Å². The van der Waals surface area contributed by atoms with Crippen molar-refractivity contribution in [2.24, 2.45) is 0 Å². The molecule has 0 spiro atoms. The molecule has 0 radical (unpaired) electrons. The Morgan fingerprint density at radius 2 is 1.03 bits per heavy atom. The van der Waals surface area contributed by atoms with Crippen LogP contribution in [0.15, 0.2) is 48.5 Å². The lowest BCUT2D eigenvalue weighted by Gasteiger charge is -2.22. The SMILES string of the molecule is O=C(O)OC(CCN1C(=O)c2ccccc2C1=O)CCN1C(=O)c2ccccc2C1=O. The van der Waals surface area contributed by atoms with Crippen molar-refractivity contribution in [3.63, 3.8) is 0 Å². The zero-order valence-corrected chi connectivity index (χ0v) is 16.3. The number of ether oxygens (including phenoxy) is 1. The highest BCUT2D eigenvalue weighted by Crippen LogP contribution is 2.25. The zero-order chi connectivity index (χ0) is 22.1. The summed E-state index contributed by atoms with van der Waals surface area (Å²) in [4.78, 5) is 63.1. The summed E-state index contributed by atoms with van der Waals surface area (Å²) in [6.45, 7) is -0.0984. The van der Waals surface area contributed by atoms with Gasteiger partial charge in [-0.25, -0.2) is 4.79 Å². The van der Waals surface area contributed by atoms with Crippen molar-refractivity contribution >= 4 is 29.8 Å². The van der Waals surface area contributed by atoms with E-state index in [4.69, 9.17) is 9.84 Å². The quantitative estimate of drug-likeness (QED) is 0.537. The summed E-state index contributed by atoms with van der Waals surface area (Å²) < 4.78 is 4.88. The fourth-order valence-corrected chi connectivity index (χ4v) is 3.84. The number of hydrogen-bond acceptors (Lipinski definition) is 6. The predicted octanol–water partition coefficient (Wildman–Crippen LogP) is 2.42. The number of carbonyl (C=O) groups is 5. The lowest BCUT2D eigenvalue weighted by atomic mass is 10.1. The molecule has 2 aliphatic rings. The van der Waals surface area contributed by atoms with Gasteiger partial charge >= 0.3 is 6.16 Å². The third kappa shape index (κ3) is 3.65. The number of rotatable bonds is 7. The molecule has 4 amide bonds. The molecule has 31 heavy (non-hydrogen) atoms.